The molecule has 226 valence electrons. The van der Waals surface area contributed by atoms with E-state index in [4.69, 9.17) is 4.74 Å². The summed E-state index contributed by atoms with van der Waals surface area (Å²) in [5.41, 5.74) is 0.974. The number of benzene rings is 2. The molecule has 9 heteroatoms. The number of hydrogen-bond acceptors (Lipinski definition) is 5. The monoisotopic (exact) mass is 648 g/mol. The van der Waals surface area contributed by atoms with Crippen LogP contribution in [-0.4, -0.2) is 29.4 Å². The fourth-order valence-corrected chi connectivity index (χ4v) is 6.20. The van der Waals surface area contributed by atoms with Gasteiger partial charge in [0.15, 0.2) is 0 Å². The predicted octanol–water partition coefficient (Wildman–Crippen LogP) is 9.45. The highest BCUT2D eigenvalue weighted by molar-refractivity contribution is 9.10. The van der Waals surface area contributed by atoms with Crippen LogP contribution in [0.5, 0.6) is 11.5 Å². The molecular formula is C32H45BrN2O5S. The van der Waals surface area contributed by atoms with E-state index in [1.54, 1.807) is 30.3 Å². The first-order valence-electron chi connectivity index (χ1n) is 15.2. The van der Waals surface area contributed by atoms with Crippen molar-refractivity contribution in [2.75, 3.05) is 5.01 Å². The molecule has 0 aromatic heterocycles. The van der Waals surface area contributed by atoms with Crippen molar-refractivity contribution in [2.24, 2.45) is 5.10 Å². The zero-order chi connectivity index (χ0) is 29.5. The van der Waals surface area contributed by atoms with E-state index < -0.39 is 19.8 Å². The second-order valence-electron chi connectivity index (χ2n) is 10.8. The molecule has 41 heavy (non-hydrogen) atoms. The van der Waals surface area contributed by atoms with Crippen molar-refractivity contribution in [1.82, 2.24) is 0 Å². The molecule has 2 aromatic carbocycles. The predicted molar refractivity (Wildman–Crippen MR) is 170 cm³/mol. The number of rotatable bonds is 20. The van der Waals surface area contributed by atoms with Crippen LogP contribution in [0.1, 0.15) is 110 Å². The number of para-hydroxylation sites is 1. The number of anilines is 1. The molecule has 1 atom stereocenters. The van der Waals surface area contributed by atoms with E-state index in [9.17, 15) is 17.8 Å². The van der Waals surface area contributed by atoms with E-state index in [0.29, 0.717) is 12.2 Å². The Bertz CT molecular complexity index is 1220. The lowest BCUT2D eigenvalue weighted by atomic mass is 10.0. The summed E-state index contributed by atoms with van der Waals surface area (Å²) in [6, 6.07) is 12.9. The summed E-state index contributed by atoms with van der Waals surface area (Å²) in [4.78, 5) is 12.0. The Balaban J connectivity index is 1.41. The summed E-state index contributed by atoms with van der Waals surface area (Å²) in [6.45, 7) is 2.26. The fourth-order valence-electron chi connectivity index (χ4n) is 5.05. The lowest BCUT2D eigenvalue weighted by Crippen LogP contribution is -2.27. The van der Waals surface area contributed by atoms with Crippen LogP contribution in [0.25, 0.3) is 0 Å². The minimum Gasteiger partial charge on any atom is -0.456 e. The topological polar surface area (TPSA) is 96.3 Å². The number of carbonyl (C=O) groups is 1. The third-order valence-corrected chi connectivity index (χ3v) is 9.20. The molecule has 0 aliphatic carbocycles. The minimum atomic E-state index is -4.61. The van der Waals surface area contributed by atoms with Gasteiger partial charge >= 0.3 is 0 Å². The SMILES string of the molecule is CCCCCCCCCCCCCCCCCC1=NN(c2ccc(Oc3ccccc3)c(S(=O)(=O)O)c2)C(=O)[C@@H]1Br. The van der Waals surface area contributed by atoms with Crippen molar-refractivity contribution in [3.05, 3.63) is 48.5 Å². The number of halogens is 1. The Kier molecular flexibility index (Phi) is 14.3. The summed E-state index contributed by atoms with van der Waals surface area (Å²) in [5, 5.41) is 5.69. The molecule has 2 aromatic rings. The number of nitrogens with zero attached hydrogens (tertiary/aromatic N) is 2. The molecular weight excluding hydrogens is 604 g/mol. The Morgan fingerprint density at radius 1 is 0.829 bits per heavy atom. The van der Waals surface area contributed by atoms with Crippen molar-refractivity contribution >= 4 is 43.4 Å². The Morgan fingerprint density at radius 2 is 1.37 bits per heavy atom. The van der Waals surface area contributed by atoms with Crippen molar-refractivity contribution in [3.63, 3.8) is 0 Å². The molecule has 3 rings (SSSR count). The molecule has 0 fully saturated rings. The normalized spacial score (nSPS) is 15.4. The van der Waals surface area contributed by atoms with Gasteiger partial charge in [0, 0.05) is 0 Å². The number of carbonyl (C=O) groups excluding carboxylic acids is 1. The summed E-state index contributed by atoms with van der Waals surface area (Å²) in [7, 11) is -4.61. The zero-order valence-electron chi connectivity index (χ0n) is 24.3. The van der Waals surface area contributed by atoms with Crippen LogP contribution < -0.4 is 9.75 Å². The minimum absolute atomic E-state index is 0.0357. The molecule has 7 nitrogen and oxygen atoms in total. The van der Waals surface area contributed by atoms with Gasteiger partial charge in [0.25, 0.3) is 16.0 Å². The van der Waals surface area contributed by atoms with Crippen LogP contribution in [0.15, 0.2) is 58.5 Å². The molecule has 0 radical (unpaired) electrons. The highest BCUT2D eigenvalue weighted by atomic mass is 79.9. The van der Waals surface area contributed by atoms with Crippen LogP contribution in [0.3, 0.4) is 0 Å². The number of unbranched alkanes of at least 4 members (excludes halogenated alkanes) is 14. The zero-order valence-corrected chi connectivity index (χ0v) is 26.7. The molecule has 0 unspecified atom stereocenters. The van der Waals surface area contributed by atoms with Gasteiger partial charge in [0.1, 0.15) is 21.2 Å². The first kappa shape index (κ1) is 33.3. The summed E-state index contributed by atoms with van der Waals surface area (Å²) < 4.78 is 39.7. The largest absolute Gasteiger partial charge is 0.456 e. The quantitative estimate of drug-likeness (QED) is 0.0876. The molecule has 0 saturated carbocycles. The third kappa shape index (κ3) is 11.2. The third-order valence-electron chi connectivity index (χ3n) is 7.40. The lowest BCUT2D eigenvalue weighted by molar-refractivity contribution is -0.116. The average molecular weight is 650 g/mol. The lowest BCUT2D eigenvalue weighted by Gasteiger charge is -2.15. The van der Waals surface area contributed by atoms with Crippen LogP contribution in [-0.2, 0) is 14.9 Å². The van der Waals surface area contributed by atoms with E-state index in [2.05, 4.69) is 28.0 Å². The molecule has 0 spiro atoms. The highest BCUT2D eigenvalue weighted by Gasteiger charge is 2.35. The van der Waals surface area contributed by atoms with Gasteiger partial charge in [-0.3, -0.25) is 9.35 Å². The first-order valence-corrected chi connectivity index (χ1v) is 17.6. The van der Waals surface area contributed by atoms with Gasteiger partial charge in [0.2, 0.25) is 0 Å². The number of amides is 1. The summed E-state index contributed by atoms with van der Waals surface area (Å²) in [6.07, 6.45) is 20.1. The Labute approximate surface area is 254 Å². The van der Waals surface area contributed by atoms with Gasteiger partial charge in [-0.15, -0.1) is 0 Å². The molecule has 1 amide bonds. The number of ether oxygens (including phenoxy) is 1. The average Bonchev–Trinajstić information content (AvgIpc) is 3.24. The Hall–Kier alpha value is -2.23. The van der Waals surface area contributed by atoms with Crippen molar-refractivity contribution in [2.45, 2.75) is 119 Å². The van der Waals surface area contributed by atoms with Gasteiger partial charge in [-0.05, 0) is 43.2 Å². The standard InChI is InChI=1S/C32H45BrN2O5S/c1-2-3-4-5-6-7-8-9-10-11-12-13-14-15-19-22-28-31(33)32(36)35(34-28)26-23-24-29(30(25-26)41(37,38)39)40-27-20-17-16-18-21-27/h16-18,20-21,23-25,31H,2-15,19,22H2,1H3,(H,37,38,39)/t31-/m1/s1. The number of alkyl halides is 1. The van der Waals surface area contributed by atoms with Crippen LogP contribution in [0.4, 0.5) is 5.69 Å². The van der Waals surface area contributed by atoms with Gasteiger partial charge in [-0.2, -0.15) is 18.5 Å². The maximum absolute atomic E-state index is 12.9. The number of hydrogen-bond donors (Lipinski definition) is 1. The molecule has 0 bridgehead atoms. The second-order valence-corrected chi connectivity index (χ2v) is 13.1. The van der Waals surface area contributed by atoms with Crippen LogP contribution in [0.2, 0.25) is 0 Å². The van der Waals surface area contributed by atoms with E-state index in [0.717, 1.165) is 18.6 Å². The maximum Gasteiger partial charge on any atom is 0.298 e. The molecule has 1 heterocycles. The van der Waals surface area contributed by atoms with E-state index in [1.807, 2.05) is 6.07 Å². The van der Waals surface area contributed by atoms with E-state index in [-0.39, 0.29) is 17.3 Å². The molecule has 1 aliphatic rings. The van der Waals surface area contributed by atoms with Gasteiger partial charge < -0.3 is 4.74 Å². The molecule has 1 N–H and O–H groups in total. The Morgan fingerprint density at radius 3 is 1.90 bits per heavy atom. The summed E-state index contributed by atoms with van der Waals surface area (Å²) >= 11 is 3.45. The van der Waals surface area contributed by atoms with Gasteiger partial charge in [0.05, 0.1) is 11.4 Å². The second kappa shape index (κ2) is 17.7. The van der Waals surface area contributed by atoms with E-state index in [1.165, 1.54) is 101 Å². The van der Waals surface area contributed by atoms with Gasteiger partial charge in [-0.25, -0.2) is 0 Å². The highest BCUT2D eigenvalue weighted by Crippen LogP contribution is 2.34. The molecule has 1 aliphatic heterocycles. The van der Waals surface area contributed by atoms with Crippen molar-refractivity contribution < 1.29 is 22.5 Å². The van der Waals surface area contributed by atoms with Gasteiger partial charge in [-0.1, -0.05) is 131 Å². The van der Waals surface area contributed by atoms with Crippen molar-refractivity contribution in [3.8, 4) is 11.5 Å². The first-order chi connectivity index (χ1) is 19.8. The van der Waals surface area contributed by atoms with Crippen LogP contribution >= 0.6 is 15.9 Å². The molecule has 0 saturated heterocycles. The summed E-state index contributed by atoms with van der Waals surface area (Å²) in [5.74, 6) is 0.0946. The van der Waals surface area contributed by atoms with Crippen LogP contribution in [0, 0.1) is 0 Å². The maximum atomic E-state index is 12.9. The van der Waals surface area contributed by atoms with Crippen molar-refractivity contribution in [1.29, 1.82) is 0 Å². The fraction of sp³-hybridized carbons (Fsp3) is 0.562. The number of hydrazone groups is 1. The van der Waals surface area contributed by atoms with E-state index >= 15 is 0 Å². The smallest absolute Gasteiger partial charge is 0.298 e.